The Hall–Kier alpha value is -2.82. The van der Waals surface area contributed by atoms with Crippen LogP contribution >= 0.6 is 0 Å². The number of hydrogen-bond acceptors (Lipinski definition) is 7. The van der Waals surface area contributed by atoms with Crippen molar-refractivity contribution in [1.29, 1.82) is 0 Å². The first-order valence-corrected chi connectivity index (χ1v) is 13.8. The van der Waals surface area contributed by atoms with Crippen molar-refractivity contribution in [3.05, 3.63) is 23.8 Å². The summed E-state index contributed by atoms with van der Waals surface area (Å²) in [5.41, 5.74) is -1.60. The van der Waals surface area contributed by atoms with Crippen LogP contribution in [0.4, 0.5) is 23.8 Å². The Bertz CT molecular complexity index is 1310. The zero-order valence-corrected chi connectivity index (χ0v) is 23.0. The Balaban J connectivity index is 1.32. The maximum Gasteiger partial charge on any atom is 0.411 e. The van der Waals surface area contributed by atoms with Crippen molar-refractivity contribution in [3.63, 3.8) is 0 Å². The number of hydrogen-bond donors (Lipinski definition) is 0. The first kappa shape index (κ1) is 26.4. The number of rotatable bonds is 4. The van der Waals surface area contributed by atoms with Crippen LogP contribution in [0.25, 0.3) is 10.9 Å². The minimum Gasteiger partial charge on any atom is -0.461 e. The lowest BCUT2D eigenvalue weighted by atomic mass is 9.95. The van der Waals surface area contributed by atoms with E-state index in [1.165, 1.54) is 6.07 Å². The Morgan fingerprint density at radius 1 is 1.18 bits per heavy atom. The average Bonchev–Trinajstić information content (AvgIpc) is 3.42. The van der Waals surface area contributed by atoms with E-state index in [1.807, 2.05) is 37.5 Å². The predicted molar refractivity (Wildman–Crippen MR) is 140 cm³/mol. The maximum absolute atomic E-state index is 15.0. The van der Waals surface area contributed by atoms with Gasteiger partial charge in [-0.3, -0.25) is 9.80 Å². The van der Waals surface area contributed by atoms with Gasteiger partial charge in [0, 0.05) is 37.5 Å². The first-order chi connectivity index (χ1) is 18.4. The van der Waals surface area contributed by atoms with E-state index in [0.717, 1.165) is 38.3 Å². The molecule has 4 saturated heterocycles. The largest absolute Gasteiger partial charge is 0.461 e. The zero-order valence-electron chi connectivity index (χ0n) is 23.0. The minimum atomic E-state index is -0.903. The lowest BCUT2D eigenvalue weighted by Crippen LogP contribution is -2.63. The molecule has 2 bridgehead atoms. The van der Waals surface area contributed by atoms with Crippen molar-refractivity contribution in [2.24, 2.45) is 0 Å². The van der Waals surface area contributed by atoms with E-state index in [1.54, 1.807) is 0 Å². The SMILES string of the molecule is CC(C)(C)OC(=O)N1[C@@H]2CC[C@@]1(C)CN(c1nc(OC[C@@]34CCCN3C[C@H](F)C4)nc3c(F)cc(F)cc13)C2. The van der Waals surface area contributed by atoms with Gasteiger partial charge in [0.2, 0.25) is 0 Å². The summed E-state index contributed by atoms with van der Waals surface area (Å²) in [6.45, 7) is 9.78. The molecular weight excluding hydrogens is 511 g/mol. The molecule has 0 aliphatic carbocycles. The molecule has 4 aliphatic heterocycles. The van der Waals surface area contributed by atoms with Crippen molar-refractivity contribution < 1.29 is 27.4 Å². The fourth-order valence-electron chi connectivity index (χ4n) is 7.14. The van der Waals surface area contributed by atoms with Crippen molar-refractivity contribution in [2.75, 3.05) is 37.7 Å². The Kier molecular flexibility index (Phi) is 6.17. The molecule has 1 amide bonds. The van der Waals surface area contributed by atoms with E-state index >= 15 is 4.39 Å². The van der Waals surface area contributed by atoms with Gasteiger partial charge in [-0.1, -0.05) is 0 Å². The lowest BCUT2D eigenvalue weighted by Gasteiger charge is -2.47. The quantitative estimate of drug-likeness (QED) is 0.543. The number of fused-ring (bicyclic) bond motifs is 4. The van der Waals surface area contributed by atoms with Gasteiger partial charge >= 0.3 is 12.1 Å². The van der Waals surface area contributed by atoms with E-state index in [9.17, 15) is 13.6 Å². The van der Waals surface area contributed by atoms with Gasteiger partial charge in [-0.05, 0) is 66.0 Å². The number of alkyl halides is 1. The zero-order chi connectivity index (χ0) is 27.7. The van der Waals surface area contributed by atoms with Gasteiger partial charge in [0.25, 0.3) is 0 Å². The van der Waals surface area contributed by atoms with Crippen LogP contribution in [-0.4, -0.2) is 87.5 Å². The van der Waals surface area contributed by atoms with Gasteiger partial charge in [-0.2, -0.15) is 9.97 Å². The van der Waals surface area contributed by atoms with Crippen molar-refractivity contribution in [1.82, 2.24) is 19.8 Å². The predicted octanol–water partition coefficient (Wildman–Crippen LogP) is 4.84. The molecule has 8 nitrogen and oxygen atoms in total. The third kappa shape index (κ3) is 4.66. The van der Waals surface area contributed by atoms with Crippen LogP contribution in [-0.2, 0) is 4.74 Å². The van der Waals surface area contributed by atoms with E-state index in [2.05, 4.69) is 14.9 Å². The highest BCUT2D eigenvalue weighted by Crippen LogP contribution is 2.43. The van der Waals surface area contributed by atoms with Crippen molar-refractivity contribution in [2.45, 2.75) is 88.7 Å². The highest BCUT2D eigenvalue weighted by atomic mass is 19.1. The van der Waals surface area contributed by atoms with E-state index < -0.39 is 34.5 Å². The van der Waals surface area contributed by atoms with Crippen molar-refractivity contribution >= 4 is 22.8 Å². The Morgan fingerprint density at radius 2 is 1.97 bits per heavy atom. The van der Waals surface area contributed by atoms with Gasteiger partial charge in [0.05, 0.1) is 17.1 Å². The number of ether oxygens (including phenoxy) is 2. The second-order valence-electron chi connectivity index (χ2n) is 12.9. The van der Waals surface area contributed by atoms with Gasteiger partial charge < -0.3 is 14.4 Å². The number of amides is 1. The first-order valence-electron chi connectivity index (χ1n) is 13.8. The van der Waals surface area contributed by atoms with Crippen LogP contribution in [0.15, 0.2) is 12.1 Å². The van der Waals surface area contributed by atoms with Gasteiger partial charge in [-0.15, -0.1) is 0 Å². The minimum absolute atomic E-state index is 0.0152. The second kappa shape index (κ2) is 9.11. The summed E-state index contributed by atoms with van der Waals surface area (Å²) in [5, 5.41) is 0.249. The van der Waals surface area contributed by atoms with E-state index in [-0.39, 0.29) is 35.7 Å². The topological polar surface area (TPSA) is 71.0 Å². The summed E-state index contributed by atoms with van der Waals surface area (Å²) >= 11 is 0. The van der Waals surface area contributed by atoms with Gasteiger partial charge in [-0.25, -0.2) is 18.0 Å². The van der Waals surface area contributed by atoms with Crippen LogP contribution < -0.4 is 9.64 Å². The smallest absolute Gasteiger partial charge is 0.411 e. The third-order valence-electron chi connectivity index (χ3n) is 8.72. The van der Waals surface area contributed by atoms with Crippen LogP contribution in [0.5, 0.6) is 6.01 Å². The summed E-state index contributed by atoms with van der Waals surface area (Å²) in [6.07, 6.45) is 2.47. The molecule has 0 spiro atoms. The molecule has 4 atom stereocenters. The molecule has 1 aromatic carbocycles. The summed E-state index contributed by atoms with van der Waals surface area (Å²) in [6, 6.07) is 1.89. The number of carbonyl (C=O) groups is 1. The number of aromatic nitrogens is 2. The Morgan fingerprint density at radius 3 is 2.72 bits per heavy atom. The van der Waals surface area contributed by atoms with E-state index in [4.69, 9.17) is 9.47 Å². The molecule has 0 N–H and O–H groups in total. The van der Waals surface area contributed by atoms with Crippen molar-refractivity contribution in [3.8, 4) is 6.01 Å². The monoisotopic (exact) mass is 547 g/mol. The summed E-state index contributed by atoms with van der Waals surface area (Å²) in [4.78, 5) is 28.0. The van der Waals surface area contributed by atoms with Crippen LogP contribution in [0.3, 0.4) is 0 Å². The summed E-state index contributed by atoms with van der Waals surface area (Å²) in [5.74, 6) is -1.16. The highest BCUT2D eigenvalue weighted by Gasteiger charge is 2.53. The van der Waals surface area contributed by atoms with E-state index in [0.29, 0.717) is 31.9 Å². The average molecular weight is 548 g/mol. The standard InChI is InChI=1S/C28H36F3N5O3/c1-26(2,3)39-25(37)36-19-6-8-27(36,4)15-34(14-19)23-20-10-17(29)11-21(31)22(20)32-24(33-23)38-16-28-7-5-9-35(28)13-18(30)12-28/h10-11,18-19H,5-9,12-16H2,1-4H3/t18-,19-,27+,28+/m1/s1. The van der Waals surface area contributed by atoms with Crippen LogP contribution in [0, 0.1) is 11.6 Å². The molecule has 1 aromatic heterocycles. The number of halogens is 3. The molecule has 0 radical (unpaired) electrons. The highest BCUT2D eigenvalue weighted by molar-refractivity contribution is 5.90. The number of anilines is 1. The molecule has 5 heterocycles. The fraction of sp³-hybridized carbons (Fsp3) is 0.679. The lowest BCUT2D eigenvalue weighted by molar-refractivity contribution is -0.00280. The summed E-state index contributed by atoms with van der Waals surface area (Å²) < 4.78 is 55.4. The normalized spacial score (nSPS) is 30.7. The van der Waals surface area contributed by atoms with Gasteiger partial charge in [0.15, 0.2) is 5.82 Å². The number of piperazine rings is 1. The molecular formula is C28H36F3N5O3. The number of carbonyl (C=O) groups excluding carboxylic acids is 1. The second-order valence-corrected chi connectivity index (χ2v) is 12.9. The molecule has 2 aromatic rings. The van der Waals surface area contributed by atoms with Crippen LogP contribution in [0.1, 0.15) is 59.8 Å². The molecule has 11 heteroatoms. The number of nitrogens with zero attached hydrogens (tertiary/aromatic N) is 5. The van der Waals surface area contributed by atoms with Gasteiger partial charge in [0.1, 0.15) is 35.5 Å². The van der Waals surface area contributed by atoms with Crippen LogP contribution in [0.2, 0.25) is 0 Å². The fourth-order valence-corrected chi connectivity index (χ4v) is 7.14. The molecule has 39 heavy (non-hydrogen) atoms. The Labute approximate surface area is 226 Å². The molecule has 6 rings (SSSR count). The maximum atomic E-state index is 15.0. The molecule has 0 saturated carbocycles. The number of benzene rings is 1. The third-order valence-corrected chi connectivity index (χ3v) is 8.72. The molecule has 4 aliphatic rings. The summed E-state index contributed by atoms with van der Waals surface area (Å²) in [7, 11) is 0. The molecule has 4 fully saturated rings. The molecule has 212 valence electrons. The molecule has 0 unspecified atom stereocenters.